The predicted octanol–water partition coefficient (Wildman–Crippen LogP) is 1.90. The van der Waals surface area contributed by atoms with Gasteiger partial charge in [0.05, 0.1) is 18.3 Å². The number of hydrogen-bond donors (Lipinski definition) is 2. The normalized spacial score (nSPS) is 24.0. The molecule has 2 N–H and O–H groups in total. The van der Waals surface area contributed by atoms with Crippen LogP contribution in [-0.2, 0) is 6.42 Å². The van der Waals surface area contributed by atoms with Crippen LogP contribution >= 0.6 is 0 Å². The van der Waals surface area contributed by atoms with E-state index in [1.165, 1.54) is 0 Å². The molecule has 4 nitrogen and oxygen atoms in total. The monoisotopic (exact) mass is 251 g/mol. The van der Waals surface area contributed by atoms with Crippen LogP contribution < -0.4 is 5.32 Å². The molecular weight excluding hydrogens is 226 g/mol. The number of aromatic nitrogens is 2. The van der Waals surface area contributed by atoms with Crippen LogP contribution in [0.2, 0.25) is 0 Å². The summed E-state index contributed by atoms with van der Waals surface area (Å²) >= 11 is 0. The molecule has 0 amide bonds. The summed E-state index contributed by atoms with van der Waals surface area (Å²) in [6, 6.07) is 2.59. The van der Waals surface area contributed by atoms with Gasteiger partial charge in [0.1, 0.15) is 0 Å². The first-order chi connectivity index (χ1) is 8.73. The Morgan fingerprint density at radius 1 is 1.50 bits per heavy atom. The zero-order valence-electron chi connectivity index (χ0n) is 11.5. The fourth-order valence-electron chi connectivity index (χ4n) is 2.89. The lowest BCUT2D eigenvalue weighted by Crippen LogP contribution is -2.45. The van der Waals surface area contributed by atoms with Gasteiger partial charge in [-0.25, -0.2) is 0 Å². The van der Waals surface area contributed by atoms with Gasteiger partial charge in [0.2, 0.25) is 0 Å². The van der Waals surface area contributed by atoms with Crippen LogP contribution in [0.25, 0.3) is 0 Å². The van der Waals surface area contributed by atoms with E-state index in [1.54, 1.807) is 0 Å². The summed E-state index contributed by atoms with van der Waals surface area (Å²) in [6.45, 7) is 5.60. The van der Waals surface area contributed by atoms with Crippen LogP contribution in [0.3, 0.4) is 0 Å². The molecule has 18 heavy (non-hydrogen) atoms. The fraction of sp³-hybridized carbons (Fsp3) is 0.786. The molecule has 0 saturated carbocycles. The third kappa shape index (κ3) is 2.75. The molecule has 2 heterocycles. The van der Waals surface area contributed by atoms with E-state index in [1.807, 2.05) is 0 Å². The first-order valence-corrected chi connectivity index (χ1v) is 7.13. The molecule has 0 aliphatic carbocycles. The average Bonchev–Trinajstić information content (AvgIpc) is 3.02. The van der Waals surface area contributed by atoms with Gasteiger partial charge < -0.3 is 10.4 Å². The van der Waals surface area contributed by atoms with E-state index in [0.29, 0.717) is 6.04 Å². The Morgan fingerprint density at radius 2 is 2.28 bits per heavy atom. The Labute approximate surface area is 109 Å². The minimum Gasteiger partial charge on any atom is -0.394 e. The molecule has 1 saturated heterocycles. The van der Waals surface area contributed by atoms with E-state index < -0.39 is 0 Å². The summed E-state index contributed by atoms with van der Waals surface area (Å²) in [5.41, 5.74) is 0.956. The summed E-state index contributed by atoms with van der Waals surface area (Å²) in [5.74, 6) is 0. The van der Waals surface area contributed by atoms with Crippen LogP contribution in [0.1, 0.15) is 51.3 Å². The van der Waals surface area contributed by atoms with Crippen LogP contribution in [0.4, 0.5) is 0 Å². The molecular formula is C14H25N3O. The molecule has 0 radical (unpaired) electrons. The molecule has 2 rings (SSSR count). The number of aliphatic hydroxyl groups excluding tert-OH is 1. The summed E-state index contributed by atoms with van der Waals surface area (Å²) in [4.78, 5) is 0. The van der Waals surface area contributed by atoms with Crippen LogP contribution in [0, 0.1) is 0 Å². The quantitative estimate of drug-likeness (QED) is 0.812. The Hall–Kier alpha value is -0.870. The Bertz CT molecular complexity index is 365. The third-order valence-corrected chi connectivity index (χ3v) is 4.13. The summed E-state index contributed by atoms with van der Waals surface area (Å²) in [5, 5.41) is 17.7. The number of aliphatic hydroxyl groups is 1. The second-order valence-corrected chi connectivity index (χ2v) is 5.40. The first kappa shape index (κ1) is 13.6. The highest BCUT2D eigenvalue weighted by atomic mass is 16.3. The van der Waals surface area contributed by atoms with Gasteiger partial charge in [-0.15, -0.1) is 0 Å². The Morgan fingerprint density at radius 3 is 2.83 bits per heavy atom. The van der Waals surface area contributed by atoms with E-state index >= 15 is 0 Å². The van der Waals surface area contributed by atoms with Gasteiger partial charge in [-0.3, -0.25) is 4.68 Å². The van der Waals surface area contributed by atoms with Gasteiger partial charge in [-0.2, -0.15) is 5.10 Å². The summed E-state index contributed by atoms with van der Waals surface area (Å²) in [7, 11) is 0. The minimum absolute atomic E-state index is 0.132. The van der Waals surface area contributed by atoms with Gasteiger partial charge in [0.15, 0.2) is 0 Å². The van der Waals surface area contributed by atoms with Gasteiger partial charge in [-0.05, 0) is 38.3 Å². The lowest BCUT2D eigenvalue weighted by Gasteiger charge is -2.26. The van der Waals surface area contributed by atoms with Crippen LogP contribution in [0.5, 0.6) is 0 Å². The second kappa shape index (κ2) is 5.85. The van der Waals surface area contributed by atoms with Crippen molar-refractivity contribution in [3.05, 3.63) is 18.0 Å². The van der Waals surface area contributed by atoms with Crippen LogP contribution in [0.15, 0.2) is 12.3 Å². The summed E-state index contributed by atoms with van der Waals surface area (Å²) < 4.78 is 2.08. The highest BCUT2D eigenvalue weighted by Gasteiger charge is 2.33. The van der Waals surface area contributed by atoms with Crippen molar-refractivity contribution in [3.8, 4) is 0 Å². The van der Waals surface area contributed by atoms with Gasteiger partial charge in [-0.1, -0.05) is 13.8 Å². The number of nitrogens with zero attached hydrogens (tertiary/aromatic N) is 2. The molecule has 1 aromatic heterocycles. The maximum absolute atomic E-state index is 9.59. The minimum atomic E-state index is -0.132. The SMILES string of the molecule is CCC(CC)n1ccc(CC2(CO)CCCN2)n1. The molecule has 4 heteroatoms. The zero-order chi connectivity index (χ0) is 13.0. The standard InChI is InChI=1S/C14H25N3O/c1-3-13(4-2)17-9-6-12(16-17)10-14(11-18)7-5-8-15-14/h6,9,13,15,18H,3-5,7-8,10-11H2,1-2H3. The molecule has 0 aromatic carbocycles. The van der Waals surface area contributed by atoms with Crippen molar-refractivity contribution in [1.82, 2.24) is 15.1 Å². The van der Waals surface area contributed by atoms with E-state index in [-0.39, 0.29) is 12.1 Å². The number of hydrogen-bond acceptors (Lipinski definition) is 3. The smallest absolute Gasteiger partial charge is 0.0644 e. The molecule has 1 aliphatic heterocycles. The fourth-order valence-corrected chi connectivity index (χ4v) is 2.89. The van der Waals surface area contributed by atoms with Gasteiger partial charge in [0.25, 0.3) is 0 Å². The van der Waals surface area contributed by atoms with E-state index in [9.17, 15) is 5.11 Å². The molecule has 1 unspecified atom stereocenters. The third-order valence-electron chi connectivity index (χ3n) is 4.13. The van der Waals surface area contributed by atoms with Crippen molar-refractivity contribution < 1.29 is 5.11 Å². The van der Waals surface area contributed by atoms with Crippen molar-refractivity contribution in [1.29, 1.82) is 0 Å². The molecule has 102 valence electrons. The maximum atomic E-state index is 9.59. The zero-order valence-corrected chi connectivity index (χ0v) is 11.5. The highest BCUT2D eigenvalue weighted by molar-refractivity contribution is 5.08. The lowest BCUT2D eigenvalue weighted by molar-refractivity contribution is 0.176. The van der Waals surface area contributed by atoms with E-state index in [0.717, 1.165) is 44.3 Å². The van der Waals surface area contributed by atoms with Gasteiger partial charge >= 0.3 is 0 Å². The van der Waals surface area contributed by atoms with Crippen molar-refractivity contribution >= 4 is 0 Å². The Kier molecular flexibility index (Phi) is 4.40. The summed E-state index contributed by atoms with van der Waals surface area (Å²) in [6.07, 6.45) is 7.32. The second-order valence-electron chi connectivity index (χ2n) is 5.40. The molecule has 1 fully saturated rings. The molecule has 1 aliphatic rings. The first-order valence-electron chi connectivity index (χ1n) is 7.13. The van der Waals surface area contributed by atoms with Crippen molar-refractivity contribution in [2.75, 3.05) is 13.2 Å². The highest BCUT2D eigenvalue weighted by Crippen LogP contribution is 2.23. The number of rotatable bonds is 6. The maximum Gasteiger partial charge on any atom is 0.0644 e. The van der Waals surface area contributed by atoms with Crippen molar-refractivity contribution in [2.24, 2.45) is 0 Å². The Balaban J connectivity index is 2.06. The van der Waals surface area contributed by atoms with E-state index in [2.05, 4.69) is 41.2 Å². The van der Waals surface area contributed by atoms with Gasteiger partial charge in [0, 0.05) is 18.2 Å². The molecule has 1 aromatic rings. The topological polar surface area (TPSA) is 50.1 Å². The van der Waals surface area contributed by atoms with E-state index in [4.69, 9.17) is 0 Å². The average molecular weight is 251 g/mol. The number of nitrogens with one attached hydrogen (secondary N) is 1. The predicted molar refractivity (Wildman–Crippen MR) is 72.6 cm³/mol. The molecule has 0 bridgehead atoms. The lowest BCUT2D eigenvalue weighted by atomic mass is 9.93. The van der Waals surface area contributed by atoms with Crippen molar-refractivity contribution in [3.63, 3.8) is 0 Å². The largest absolute Gasteiger partial charge is 0.394 e. The molecule has 1 atom stereocenters. The van der Waals surface area contributed by atoms with Crippen molar-refractivity contribution in [2.45, 2.75) is 57.5 Å². The molecule has 0 spiro atoms. The van der Waals surface area contributed by atoms with Crippen LogP contribution in [-0.4, -0.2) is 33.6 Å².